The van der Waals surface area contributed by atoms with Gasteiger partial charge in [0.1, 0.15) is 28.9 Å². The molecule has 6 heteroatoms. The number of aromatic nitrogens is 1. The number of nitrogens with two attached hydrogens (primary N) is 1. The van der Waals surface area contributed by atoms with Crippen molar-refractivity contribution in [3.8, 4) is 39.6 Å². The predicted octanol–water partition coefficient (Wildman–Crippen LogP) is 5.24. The molecule has 0 unspecified atom stereocenters. The van der Waals surface area contributed by atoms with Gasteiger partial charge in [-0.05, 0) is 65.7 Å². The molecule has 154 valence electrons. The number of nitrogens with zero attached hydrogens (tertiary/aromatic N) is 1. The normalized spacial score (nSPS) is 10.5. The molecular formula is C25H22N4O2. The Kier molecular flexibility index (Phi) is 5.53. The maximum absolute atomic E-state index is 9.60. The number of rotatable bonds is 6. The molecule has 6 nitrogen and oxygen atoms in total. The highest BCUT2D eigenvalue weighted by atomic mass is 16.5. The van der Waals surface area contributed by atoms with Crippen LogP contribution in [0.25, 0.3) is 22.4 Å². The lowest BCUT2D eigenvalue weighted by molar-refractivity contribution is 0.475. The molecular weight excluding hydrogens is 388 g/mol. The third kappa shape index (κ3) is 4.33. The summed E-state index contributed by atoms with van der Waals surface area (Å²) in [5, 5.41) is 20.7. The van der Waals surface area contributed by atoms with Crippen molar-refractivity contribution in [1.29, 1.82) is 5.41 Å². The van der Waals surface area contributed by atoms with Crippen LogP contribution in [0.2, 0.25) is 0 Å². The van der Waals surface area contributed by atoms with E-state index in [1.807, 2.05) is 60.7 Å². The Hall–Kier alpha value is -4.32. The smallest absolute Gasteiger partial charge is 0.138 e. The first-order chi connectivity index (χ1) is 15.0. The SMILES string of the molecule is CNc1nc(-c2ccc(O)cc2)cc(-c2ccc(Oc3ccccc3)cc2)c1C(=N)N. The molecule has 3 aromatic carbocycles. The van der Waals surface area contributed by atoms with Crippen LogP contribution in [0.3, 0.4) is 0 Å². The fraction of sp³-hybridized carbons (Fsp3) is 0.0400. The van der Waals surface area contributed by atoms with Gasteiger partial charge in [-0.2, -0.15) is 0 Å². The summed E-state index contributed by atoms with van der Waals surface area (Å²) in [5.74, 6) is 2.09. The first-order valence-corrected chi connectivity index (χ1v) is 9.75. The highest BCUT2D eigenvalue weighted by Crippen LogP contribution is 2.34. The summed E-state index contributed by atoms with van der Waals surface area (Å²) in [6, 6.07) is 25.9. The summed E-state index contributed by atoms with van der Waals surface area (Å²) >= 11 is 0. The Bertz CT molecular complexity index is 1200. The summed E-state index contributed by atoms with van der Waals surface area (Å²) in [5.41, 5.74) is 9.65. The van der Waals surface area contributed by atoms with Gasteiger partial charge < -0.3 is 20.9 Å². The number of nitrogen functional groups attached to an aromatic ring is 1. The van der Waals surface area contributed by atoms with Crippen molar-refractivity contribution in [3.63, 3.8) is 0 Å². The van der Waals surface area contributed by atoms with Crippen molar-refractivity contribution in [1.82, 2.24) is 4.98 Å². The van der Waals surface area contributed by atoms with Crippen LogP contribution < -0.4 is 15.8 Å². The number of pyridine rings is 1. The minimum atomic E-state index is -0.0753. The van der Waals surface area contributed by atoms with Gasteiger partial charge in [0.2, 0.25) is 0 Å². The van der Waals surface area contributed by atoms with E-state index in [4.69, 9.17) is 15.9 Å². The van der Waals surface area contributed by atoms with Crippen LogP contribution in [0.4, 0.5) is 5.82 Å². The summed E-state index contributed by atoms with van der Waals surface area (Å²) in [6.45, 7) is 0. The molecule has 31 heavy (non-hydrogen) atoms. The zero-order valence-electron chi connectivity index (χ0n) is 17.0. The van der Waals surface area contributed by atoms with Crippen molar-refractivity contribution in [3.05, 3.63) is 90.5 Å². The molecule has 0 radical (unpaired) electrons. The number of ether oxygens (including phenoxy) is 1. The molecule has 0 bridgehead atoms. The van der Waals surface area contributed by atoms with Crippen LogP contribution >= 0.6 is 0 Å². The number of phenolic OH excluding ortho intramolecular Hbond substituents is 1. The molecule has 0 aliphatic heterocycles. The van der Waals surface area contributed by atoms with Gasteiger partial charge in [-0.1, -0.05) is 30.3 Å². The van der Waals surface area contributed by atoms with Gasteiger partial charge in [-0.3, -0.25) is 5.41 Å². The zero-order chi connectivity index (χ0) is 21.8. The van der Waals surface area contributed by atoms with E-state index in [1.165, 1.54) is 0 Å². The Balaban J connectivity index is 1.77. The van der Waals surface area contributed by atoms with E-state index in [-0.39, 0.29) is 11.6 Å². The quantitative estimate of drug-likeness (QED) is 0.257. The van der Waals surface area contributed by atoms with E-state index in [2.05, 4.69) is 10.3 Å². The monoisotopic (exact) mass is 410 g/mol. The molecule has 0 spiro atoms. The molecule has 1 aromatic heterocycles. The Morgan fingerprint density at radius 1 is 0.903 bits per heavy atom. The van der Waals surface area contributed by atoms with Crippen LogP contribution in [0.15, 0.2) is 84.9 Å². The summed E-state index contributed by atoms with van der Waals surface area (Å²) in [7, 11) is 1.75. The van der Waals surface area contributed by atoms with Crippen LogP contribution in [-0.4, -0.2) is 23.0 Å². The van der Waals surface area contributed by atoms with E-state index >= 15 is 0 Å². The zero-order valence-corrected chi connectivity index (χ0v) is 17.0. The number of amidine groups is 1. The van der Waals surface area contributed by atoms with Crippen LogP contribution in [0.5, 0.6) is 17.2 Å². The van der Waals surface area contributed by atoms with Gasteiger partial charge in [-0.15, -0.1) is 0 Å². The molecule has 0 saturated heterocycles. The van der Waals surface area contributed by atoms with E-state index in [0.717, 1.165) is 22.4 Å². The molecule has 0 saturated carbocycles. The second-order valence-electron chi connectivity index (χ2n) is 6.93. The maximum Gasteiger partial charge on any atom is 0.138 e. The van der Waals surface area contributed by atoms with Crippen molar-refractivity contribution in [2.24, 2.45) is 5.73 Å². The third-order valence-electron chi connectivity index (χ3n) is 4.83. The molecule has 0 aliphatic carbocycles. The van der Waals surface area contributed by atoms with Gasteiger partial charge in [0.25, 0.3) is 0 Å². The third-order valence-corrected chi connectivity index (χ3v) is 4.83. The lowest BCUT2D eigenvalue weighted by Gasteiger charge is -2.16. The Morgan fingerprint density at radius 3 is 2.13 bits per heavy atom. The molecule has 5 N–H and O–H groups in total. The average molecular weight is 410 g/mol. The van der Waals surface area contributed by atoms with Crippen LogP contribution in [0.1, 0.15) is 5.56 Å². The Labute approximate surface area is 180 Å². The lowest BCUT2D eigenvalue weighted by atomic mass is 9.97. The number of nitrogens with one attached hydrogen (secondary N) is 2. The van der Waals surface area contributed by atoms with Gasteiger partial charge in [-0.25, -0.2) is 4.98 Å². The van der Waals surface area contributed by atoms with Crippen LogP contribution in [-0.2, 0) is 0 Å². The lowest BCUT2D eigenvalue weighted by Crippen LogP contribution is -2.16. The van der Waals surface area contributed by atoms with Crippen molar-refractivity contribution < 1.29 is 9.84 Å². The van der Waals surface area contributed by atoms with Gasteiger partial charge >= 0.3 is 0 Å². The van der Waals surface area contributed by atoms with Crippen molar-refractivity contribution >= 4 is 11.7 Å². The molecule has 4 aromatic rings. The number of para-hydroxylation sites is 1. The van der Waals surface area contributed by atoms with Gasteiger partial charge in [0.05, 0.1) is 11.3 Å². The molecule has 0 fully saturated rings. The van der Waals surface area contributed by atoms with Crippen LogP contribution in [0, 0.1) is 5.41 Å². The first-order valence-electron chi connectivity index (χ1n) is 9.75. The molecule has 4 rings (SSSR count). The first kappa shape index (κ1) is 20.0. The highest BCUT2D eigenvalue weighted by Gasteiger charge is 2.17. The summed E-state index contributed by atoms with van der Waals surface area (Å²) in [6.07, 6.45) is 0. The van der Waals surface area contributed by atoms with Gasteiger partial charge in [0.15, 0.2) is 0 Å². The largest absolute Gasteiger partial charge is 0.508 e. The van der Waals surface area contributed by atoms with E-state index in [1.54, 1.807) is 31.3 Å². The van der Waals surface area contributed by atoms with Crippen molar-refractivity contribution in [2.45, 2.75) is 0 Å². The number of benzene rings is 3. The number of aromatic hydroxyl groups is 1. The van der Waals surface area contributed by atoms with Gasteiger partial charge in [0, 0.05) is 12.6 Å². The van der Waals surface area contributed by atoms with E-state index in [0.29, 0.717) is 22.8 Å². The predicted molar refractivity (Wildman–Crippen MR) is 124 cm³/mol. The number of phenols is 1. The number of hydrogen-bond acceptors (Lipinski definition) is 5. The van der Waals surface area contributed by atoms with Crippen molar-refractivity contribution in [2.75, 3.05) is 12.4 Å². The number of hydrogen-bond donors (Lipinski definition) is 4. The second kappa shape index (κ2) is 8.59. The van der Waals surface area contributed by atoms with E-state index in [9.17, 15) is 5.11 Å². The highest BCUT2D eigenvalue weighted by molar-refractivity contribution is 6.06. The maximum atomic E-state index is 9.60. The Morgan fingerprint density at radius 2 is 1.52 bits per heavy atom. The second-order valence-corrected chi connectivity index (χ2v) is 6.93. The van der Waals surface area contributed by atoms with E-state index < -0.39 is 0 Å². The average Bonchev–Trinajstić information content (AvgIpc) is 2.80. The molecule has 0 aliphatic rings. The minimum Gasteiger partial charge on any atom is -0.508 e. The fourth-order valence-corrected chi connectivity index (χ4v) is 3.33. The molecule has 0 amide bonds. The molecule has 1 heterocycles. The minimum absolute atomic E-state index is 0.0753. The summed E-state index contributed by atoms with van der Waals surface area (Å²) < 4.78 is 5.88. The fourth-order valence-electron chi connectivity index (χ4n) is 3.33. The topological polar surface area (TPSA) is 104 Å². The number of anilines is 1. The molecule has 0 atom stereocenters. The standard InChI is InChI=1S/C25H22N4O2/c1-28-25-23(24(26)27)21(15-22(29-25)17-7-11-18(30)12-8-17)16-9-13-20(14-10-16)31-19-5-3-2-4-6-19/h2-15,30H,1H3,(H3,26,27)(H,28,29). The summed E-state index contributed by atoms with van der Waals surface area (Å²) in [4.78, 5) is 4.63.